The van der Waals surface area contributed by atoms with E-state index in [2.05, 4.69) is 12.2 Å². The van der Waals surface area contributed by atoms with Crippen molar-refractivity contribution in [3.8, 4) is 5.75 Å². The molecule has 0 fully saturated rings. The van der Waals surface area contributed by atoms with E-state index in [0.29, 0.717) is 36.3 Å². The molecule has 0 saturated carbocycles. The Morgan fingerprint density at radius 1 is 1.03 bits per heavy atom. The van der Waals surface area contributed by atoms with Crippen molar-refractivity contribution in [2.24, 2.45) is 0 Å². The molecule has 3 rings (SSSR count). The maximum Gasteiger partial charge on any atom is 0.262 e. The Balaban J connectivity index is 1.68. The van der Waals surface area contributed by atoms with E-state index in [4.69, 9.17) is 9.47 Å². The average Bonchev–Trinajstić information content (AvgIpc) is 2.74. The summed E-state index contributed by atoms with van der Waals surface area (Å²) in [6.45, 7) is 5.46. The van der Waals surface area contributed by atoms with Crippen LogP contribution in [0.4, 0.5) is 5.69 Å². The zero-order valence-electron chi connectivity index (χ0n) is 16.8. The summed E-state index contributed by atoms with van der Waals surface area (Å²) >= 11 is 0. The van der Waals surface area contributed by atoms with Gasteiger partial charge in [0.1, 0.15) is 5.75 Å². The Labute approximate surface area is 170 Å². The largest absolute Gasteiger partial charge is 0.483 e. The molecule has 0 saturated heterocycles. The molecular weight excluding hydrogens is 368 g/mol. The summed E-state index contributed by atoms with van der Waals surface area (Å²) in [7, 11) is 0. The highest BCUT2D eigenvalue weighted by molar-refractivity contribution is 5.92. The van der Waals surface area contributed by atoms with Crippen LogP contribution in [-0.4, -0.2) is 30.3 Å². The van der Waals surface area contributed by atoms with E-state index in [0.717, 1.165) is 12.1 Å². The molecule has 0 spiro atoms. The molecule has 2 aromatic carbocycles. The van der Waals surface area contributed by atoms with Gasteiger partial charge in [0, 0.05) is 30.4 Å². The van der Waals surface area contributed by atoms with Crippen molar-refractivity contribution in [3.63, 3.8) is 0 Å². The summed E-state index contributed by atoms with van der Waals surface area (Å²) in [6, 6.07) is 14.8. The average molecular weight is 394 g/mol. The second kappa shape index (κ2) is 9.89. The van der Waals surface area contributed by atoms with Gasteiger partial charge in [-0.2, -0.15) is 0 Å². The molecular formula is C23H26N2O4. The Bertz CT molecular complexity index is 1030. The highest BCUT2D eigenvalue weighted by atomic mass is 16.5. The number of benzene rings is 2. The first-order valence-electron chi connectivity index (χ1n) is 9.84. The SMILES string of the molecule is CCOCCn1ccc2c(OCC(=O)Nc3ccc(CC)cc3)cccc2c1=O. The summed E-state index contributed by atoms with van der Waals surface area (Å²) in [5, 5.41) is 4.06. The predicted octanol–water partition coefficient (Wildman–Crippen LogP) is 3.62. The molecule has 0 bridgehead atoms. The van der Waals surface area contributed by atoms with Crippen LogP contribution in [0.2, 0.25) is 0 Å². The number of nitrogens with one attached hydrogen (secondary N) is 1. The number of rotatable bonds is 9. The third-order valence-corrected chi connectivity index (χ3v) is 4.66. The number of carbonyl (C=O) groups excluding carboxylic acids is 1. The van der Waals surface area contributed by atoms with E-state index >= 15 is 0 Å². The zero-order chi connectivity index (χ0) is 20.6. The first kappa shape index (κ1) is 20.6. The maximum absolute atomic E-state index is 12.7. The van der Waals surface area contributed by atoms with Gasteiger partial charge in [-0.15, -0.1) is 0 Å². The number of ether oxygens (including phenoxy) is 2. The van der Waals surface area contributed by atoms with Gasteiger partial charge < -0.3 is 19.4 Å². The molecule has 1 amide bonds. The van der Waals surface area contributed by atoms with Crippen molar-refractivity contribution in [1.29, 1.82) is 0 Å². The predicted molar refractivity (Wildman–Crippen MR) is 115 cm³/mol. The molecule has 1 heterocycles. The first-order chi connectivity index (χ1) is 14.1. The lowest BCUT2D eigenvalue weighted by atomic mass is 10.1. The van der Waals surface area contributed by atoms with Gasteiger partial charge in [-0.25, -0.2) is 0 Å². The number of carbonyl (C=O) groups is 1. The van der Waals surface area contributed by atoms with Crippen LogP contribution in [0.15, 0.2) is 59.5 Å². The summed E-state index contributed by atoms with van der Waals surface area (Å²) in [4.78, 5) is 24.9. The number of amides is 1. The molecule has 1 N–H and O–H groups in total. The minimum Gasteiger partial charge on any atom is -0.483 e. The fourth-order valence-electron chi connectivity index (χ4n) is 3.06. The number of nitrogens with zero attached hydrogens (tertiary/aromatic N) is 1. The Hall–Kier alpha value is -3.12. The maximum atomic E-state index is 12.7. The smallest absolute Gasteiger partial charge is 0.262 e. The molecule has 6 nitrogen and oxygen atoms in total. The lowest BCUT2D eigenvalue weighted by molar-refractivity contribution is -0.118. The second-order valence-electron chi connectivity index (χ2n) is 6.62. The van der Waals surface area contributed by atoms with Crippen LogP contribution in [0, 0.1) is 0 Å². The first-order valence-corrected chi connectivity index (χ1v) is 9.84. The quantitative estimate of drug-likeness (QED) is 0.563. The molecule has 0 atom stereocenters. The topological polar surface area (TPSA) is 69.6 Å². The van der Waals surface area contributed by atoms with Crippen molar-refractivity contribution in [2.75, 3.05) is 25.1 Å². The third-order valence-electron chi connectivity index (χ3n) is 4.66. The molecule has 6 heteroatoms. The molecule has 0 radical (unpaired) electrons. The number of hydrogen-bond acceptors (Lipinski definition) is 4. The summed E-state index contributed by atoms with van der Waals surface area (Å²) < 4.78 is 12.7. The molecule has 152 valence electrons. The minimum atomic E-state index is -0.253. The van der Waals surface area contributed by atoms with Crippen LogP contribution >= 0.6 is 0 Å². The van der Waals surface area contributed by atoms with Gasteiger partial charge >= 0.3 is 0 Å². The zero-order valence-corrected chi connectivity index (χ0v) is 16.8. The number of aromatic nitrogens is 1. The van der Waals surface area contributed by atoms with Gasteiger partial charge in [0.05, 0.1) is 12.0 Å². The van der Waals surface area contributed by atoms with Crippen LogP contribution in [0.1, 0.15) is 19.4 Å². The van der Waals surface area contributed by atoms with Gasteiger partial charge in [0.15, 0.2) is 6.61 Å². The second-order valence-corrected chi connectivity index (χ2v) is 6.62. The van der Waals surface area contributed by atoms with Crippen molar-refractivity contribution in [2.45, 2.75) is 26.8 Å². The van der Waals surface area contributed by atoms with Gasteiger partial charge in [-0.1, -0.05) is 25.1 Å². The normalized spacial score (nSPS) is 10.8. The van der Waals surface area contributed by atoms with Crippen molar-refractivity contribution in [1.82, 2.24) is 4.57 Å². The summed E-state index contributed by atoms with van der Waals surface area (Å²) in [5.41, 5.74) is 1.83. The van der Waals surface area contributed by atoms with Crippen LogP contribution < -0.4 is 15.6 Å². The highest BCUT2D eigenvalue weighted by Crippen LogP contribution is 2.23. The molecule has 0 aliphatic heterocycles. The summed E-state index contributed by atoms with van der Waals surface area (Å²) in [6.07, 6.45) is 2.68. The minimum absolute atomic E-state index is 0.104. The van der Waals surface area contributed by atoms with E-state index in [-0.39, 0.29) is 18.1 Å². The van der Waals surface area contributed by atoms with Crippen LogP contribution in [-0.2, 0) is 22.5 Å². The number of anilines is 1. The number of pyridine rings is 1. The number of hydrogen-bond donors (Lipinski definition) is 1. The Kier molecular flexibility index (Phi) is 7.03. The molecule has 0 aliphatic carbocycles. The standard InChI is InChI=1S/C23H26N2O4/c1-3-17-8-10-18(11-9-17)24-22(26)16-29-21-7-5-6-20-19(21)12-13-25(23(20)27)14-15-28-4-2/h5-13H,3-4,14-16H2,1-2H3,(H,24,26). The molecule has 0 unspecified atom stereocenters. The van der Waals surface area contributed by atoms with E-state index in [1.807, 2.05) is 37.3 Å². The molecule has 3 aromatic rings. The molecule has 1 aromatic heterocycles. The monoisotopic (exact) mass is 394 g/mol. The molecule has 0 aliphatic rings. The van der Waals surface area contributed by atoms with E-state index in [1.54, 1.807) is 29.0 Å². The number of fused-ring (bicyclic) bond motifs is 1. The van der Waals surface area contributed by atoms with E-state index in [1.165, 1.54) is 5.56 Å². The van der Waals surface area contributed by atoms with Gasteiger partial charge in [0.25, 0.3) is 11.5 Å². The Morgan fingerprint density at radius 3 is 2.55 bits per heavy atom. The van der Waals surface area contributed by atoms with E-state index in [9.17, 15) is 9.59 Å². The fraction of sp³-hybridized carbons (Fsp3) is 0.304. The van der Waals surface area contributed by atoms with Crippen molar-refractivity contribution >= 4 is 22.4 Å². The number of aryl methyl sites for hydroxylation is 1. The van der Waals surface area contributed by atoms with E-state index < -0.39 is 0 Å². The van der Waals surface area contributed by atoms with Crippen molar-refractivity contribution < 1.29 is 14.3 Å². The lowest BCUT2D eigenvalue weighted by Gasteiger charge is -2.12. The van der Waals surface area contributed by atoms with Gasteiger partial charge in [-0.3, -0.25) is 9.59 Å². The highest BCUT2D eigenvalue weighted by Gasteiger charge is 2.10. The van der Waals surface area contributed by atoms with Crippen LogP contribution in [0.3, 0.4) is 0 Å². The lowest BCUT2D eigenvalue weighted by Crippen LogP contribution is -2.22. The fourth-order valence-corrected chi connectivity index (χ4v) is 3.06. The summed E-state index contributed by atoms with van der Waals surface area (Å²) in [5.74, 6) is 0.254. The van der Waals surface area contributed by atoms with Crippen LogP contribution in [0.25, 0.3) is 10.8 Å². The van der Waals surface area contributed by atoms with Gasteiger partial charge in [-0.05, 0) is 49.2 Å². The molecule has 29 heavy (non-hydrogen) atoms. The van der Waals surface area contributed by atoms with Gasteiger partial charge in [0.2, 0.25) is 0 Å². The third kappa shape index (κ3) is 5.23. The van der Waals surface area contributed by atoms with Crippen LogP contribution in [0.5, 0.6) is 5.75 Å². The van der Waals surface area contributed by atoms with Crippen molar-refractivity contribution in [3.05, 3.63) is 70.6 Å². The Morgan fingerprint density at radius 2 is 1.83 bits per heavy atom.